The molecule has 4 heteroatoms. The van der Waals surface area contributed by atoms with Crippen molar-refractivity contribution in [3.8, 4) is 0 Å². The predicted octanol–water partition coefficient (Wildman–Crippen LogP) is 4.17. The summed E-state index contributed by atoms with van der Waals surface area (Å²) < 4.78 is 0. The van der Waals surface area contributed by atoms with Crippen LogP contribution in [0.4, 0.5) is 5.69 Å². The van der Waals surface area contributed by atoms with E-state index in [1.807, 2.05) is 36.7 Å². The summed E-state index contributed by atoms with van der Waals surface area (Å²) in [6, 6.07) is 10.4. The zero-order chi connectivity index (χ0) is 13.2. The molecule has 0 spiro atoms. The van der Waals surface area contributed by atoms with Crippen LogP contribution < -0.4 is 5.32 Å². The van der Waals surface area contributed by atoms with Crippen LogP contribution in [0, 0.1) is 6.92 Å². The molecule has 0 saturated heterocycles. The number of nitrogens with zero attached hydrogens (tertiary/aromatic N) is 2. The fraction of sp³-hybridized carbons (Fsp3) is 0.200. The van der Waals surface area contributed by atoms with Gasteiger partial charge in [-0.15, -0.1) is 11.3 Å². The van der Waals surface area contributed by atoms with Crippen LogP contribution in [0.15, 0.2) is 42.7 Å². The van der Waals surface area contributed by atoms with Gasteiger partial charge in [0.2, 0.25) is 0 Å². The summed E-state index contributed by atoms with van der Waals surface area (Å²) in [6.45, 7) is 4.21. The summed E-state index contributed by atoms with van der Waals surface area (Å²) >= 11 is 1.73. The standard InChI is InChI=1S/C15H15N3S/c1-10-9-17-15(19-10)11(2)18-14-7-8-16-13-6-4-3-5-12(13)14/h3-9,11H,1-2H3,(H,16,18). The Morgan fingerprint density at radius 1 is 1.16 bits per heavy atom. The number of hydrogen-bond donors (Lipinski definition) is 1. The molecular formula is C15H15N3S. The molecule has 0 bridgehead atoms. The summed E-state index contributed by atoms with van der Waals surface area (Å²) in [5.74, 6) is 0. The van der Waals surface area contributed by atoms with Crippen molar-refractivity contribution >= 4 is 27.9 Å². The zero-order valence-corrected chi connectivity index (χ0v) is 11.7. The van der Waals surface area contributed by atoms with Gasteiger partial charge in [-0.3, -0.25) is 4.98 Å². The van der Waals surface area contributed by atoms with Gasteiger partial charge in [0.25, 0.3) is 0 Å². The van der Waals surface area contributed by atoms with E-state index >= 15 is 0 Å². The van der Waals surface area contributed by atoms with Crippen molar-refractivity contribution in [1.82, 2.24) is 9.97 Å². The molecule has 0 saturated carbocycles. The number of hydrogen-bond acceptors (Lipinski definition) is 4. The van der Waals surface area contributed by atoms with Gasteiger partial charge in [0.1, 0.15) is 5.01 Å². The molecule has 1 aromatic carbocycles. The van der Waals surface area contributed by atoms with E-state index in [1.54, 1.807) is 11.3 Å². The van der Waals surface area contributed by atoms with Crippen LogP contribution in [-0.2, 0) is 0 Å². The molecule has 1 N–H and O–H groups in total. The maximum Gasteiger partial charge on any atom is 0.115 e. The average molecular weight is 269 g/mol. The molecule has 1 atom stereocenters. The lowest BCUT2D eigenvalue weighted by Crippen LogP contribution is -2.06. The van der Waals surface area contributed by atoms with E-state index in [2.05, 4.69) is 35.2 Å². The smallest absolute Gasteiger partial charge is 0.115 e. The maximum absolute atomic E-state index is 4.43. The Hall–Kier alpha value is -1.94. The van der Waals surface area contributed by atoms with Crippen molar-refractivity contribution in [1.29, 1.82) is 0 Å². The molecule has 0 fully saturated rings. The molecule has 96 valence electrons. The van der Waals surface area contributed by atoms with Crippen LogP contribution in [0.1, 0.15) is 22.9 Å². The number of rotatable bonds is 3. The second kappa shape index (κ2) is 4.97. The van der Waals surface area contributed by atoms with Gasteiger partial charge in [0.05, 0.1) is 11.6 Å². The summed E-state index contributed by atoms with van der Waals surface area (Å²) in [4.78, 5) is 10.0. The van der Waals surface area contributed by atoms with Gasteiger partial charge in [0, 0.05) is 28.3 Å². The van der Waals surface area contributed by atoms with E-state index in [1.165, 1.54) is 4.88 Å². The minimum absolute atomic E-state index is 0.199. The summed E-state index contributed by atoms with van der Waals surface area (Å²) in [5.41, 5.74) is 2.11. The van der Waals surface area contributed by atoms with Crippen LogP contribution in [0.2, 0.25) is 0 Å². The number of aryl methyl sites for hydroxylation is 1. The number of anilines is 1. The lowest BCUT2D eigenvalue weighted by Gasteiger charge is -2.14. The van der Waals surface area contributed by atoms with Crippen molar-refractivity contribution in [2.75, 3.05) is 5.32 Å². The number of para-hydroxylation sites is 1. The average Bonchev–Trinajstić information content (AvgIpc) is 2.86. The van der Waals surface area contributed by atoms with E-state index < -0.39 is 0 Å². The predicted molar refractivity (Wildman–Crippen MR) is 80.6 cm³/mol. The first-order valence-electron chi connectivity index (χ1n) is 6.26. The highest BCUT2D eigenvalue weighted by Gasteiger charge is 2.10. The van der Waals surface area contributed by atoms with E-state index in [4.69, 9.17) is 0 Å². The van der Waals surface area contributed by atoms with Crippen LogP contribution in [-0.4, -0.2) is 9.97 Å². The Kier molecular flexibility index (Phi) is 3.17. The van der Waals surface area contributed by atoms with E-state index in [0.29, 0.717) is 0 Å². The molecule has 0 aliphatic carbocycles. The number of aromatic nitrogens is 2. The van der Waals surface area contributed by atoms with E-state index in [0.717, 1.165) is 21.6 Å². The number of benzene rings is 1. The van der Waals surface area contributed by atoms with Gasteiger partial charge in [-0.1, -0.05) is 18.2 Å². The van der Waals surface area contributed by atoms with Gasteiger partial charge in [-0.25, -0.2) is 4.98 Å². The molecule has 3 nitrogen and oxygen atoms in total. The zero-order valence-electron chi connectivity index (χ0n) is 10.9. The van der Waals surface area contributed by atoms with Crippen LogP contribution >= 0.6 is 11.3 Å². The molecule has 3 aromatic rings. The Morgan fingerprint density at radius 2 is 2.00 bits per heavy atom. The summed E-state index contributed by atoms with van der Waals surface area (Å²) in [6.07, 6.45) is 3.76. The Labute approximate surface area is 116 Å². The Morgan fingerprint density at radius 3 is 2.79 bits per heavy atom. The monoisotopic (exact) mass is 269 g/mol. The molecule has 0 amide bonds. The normalized spacial score (nSPS) is 12.5. The fourth-order valence-electron chi connectivity index (χ4n) is 2.09. The van der Waals surface area contributed by atoms with E-state index in [9.17, 15) is 0 Å². The van der Waals surface area contributed by atoms with Crippen molar-refractivity contribution in [3.63, 3.8) is 0 Å². The molecular weight excluding hydrogens is 254 g/mol. The molecule has 3 rings (SSSR count). The third kappa shape index (κ3) is 2.44. The minimum Gasteiger partial charge on any atom is -0.375 e. The van der Waals surface area contributed by atoms with Crippen molar-refractivity contribution < 1.29 is 0 Å². The second-order valence-corrected chi connectivity index (χ2v) is 5.82. The maximum atomic E-state index is 4.43. The second-order valence-electron chi connectivity index (χ2n) is 4.55. The lowest BCUT2D eigenvalue weighted by atomic mass is 10.2. The van der Waals surface area contributed by atoms with Crippen molar-refractivity contribution in [2.45, 2.75) is 19.9 Å². The van der Waals surface area contributed by atoms with Crippen molar-refractivity contribution in [2.24, 2.45) is 0 Å². The Balaban J connectivity index is 1.93. The first-order chi connectivity index (χ1) is 9.24. The molecule has 2 aromatic heterocycles. The van der Waals surface area contributed by atoms with Gasteiger partial charge >= 0.3 is 0 Å². The van der Waals surface area contributed by atoms with Crippen molar-refractivity contribution in [3.05, 3.63) is 52.6 Å². The van der Waals surface area contributed by atoms with Gasteiger partial charge in [0.15, 0.2) is 0 Å². The number of thiazole rings is 1. The molecule has 0 radical (unpaired) electrons. The number of nitrogens with one attached hydrogen (secondary N) is 1. The molecule has 1 unspecified atom stereocenters. The first-order valence-corrected chi connectivity index (χ1v) is 7.08. The molecule has 2 heterocycles. The Bertz CT molecular complexity index is 700. The minimum atomic E-state index is 0.199. The summed E-state index contributed by atoms with van der Waals surface area (Å²) in [7, 11) is 0. The third-order valence-electron chi connectivity index (χ3n) is 3.03. The van der Waals surface area contributed by atoms with Gasteiger partial charge < -0.3 is 5.32 Å². The molecule has 0 aliphatic rings. The largest absolute Gasteiger partial charge is 0.375 e. The number of fused-ring (bicyclic) bond motifs is 1. The van der Waals surface area contributed by atoms with Gasteiger partial charge in [-0.2, -0.15) is 0 Å². The third-order valence-corrected chi connectivity index (χ3v) is 4.13. The van der Waals surface area contributed by atoms with E-state index in [-0.39, 0.29) is 6.04 Å². The highest BCUT2D eigenvalue weighted by atomic mass is 32.1. The van der Waals surface area contributed by atoms with Crippen LogP contribution in [0.3, 0.4) is 0 Å². The highest BCUT2D eigenvalue weighted by molar-refractivity contribution is 7.11. The molecule has 0 aliphatic heterocycles. The quantitative estimate of drug-likeness (QED) is 0.775. The number of pyridine rings is 1. The topological polar surface area (TPSA) is 37.8 Å². The van der Waals surface area contributed by atoms with Crippen LogP contribution in [0.25, 0.3) is 10.9 Å². The summed E-state index contributed by atoms with van der Waals surface area (Å²) in [5, 5.41) is 5.78. The lowest BCUT2D eigenvalue weighted by molar-refractivity contribution is 0.871. The van der Waals surface area contributed by atoms with Crippen LogP contribution in [0.5, 0.6) is 0 Å². The van der Waals surface area contributed by atoms with Gasteiger partial charge in [-0.05, 0) is 26.0 Å². The highest BCUT2D eigenvalue weighted by Crippen LogP contribution is 2.27. The molecule has 19 heavy (non-hydrogen) atoms. The fourth-order valence-corrected chi connectivity index (χ4v) is 2.87. The SMILES string of the molecule is Cc1cnc(C(C)Nc2ccnc3ccccc23)s1. The first kappa shape index (κ1) is 12.1.